The molecule has 2 amide bonds. The van der Waals surface area contributed by atoms with Gasteiger partial charge in [-0.05, 0) is 25.0 Å². The molecule has 1 atom stereocenters. The van der Waals surface area contributed by atoms with Crippen molar-refractivity contribution in [2.75, 3.05) is 58.5 Å². The van der Waals surface area contributed by atoms with E-state index in [0.29, 0.717) is 70.5 Å². The second kappa shape index (κ2) is 16.4. The molecule has 0 aromatic heterocycles. The Labute approximate surface area is 224 Å². The Morgan fingerprint density at radius 3 is 1.86 bits per heavy atom. The van der Waals surface area contributed by atoms with E-state index in [4.69, 9.17) is 26.6 Å². The van der Waals surface area contributed by atoms with E-state index >= 15 is 0 Å². The quantitative estimate of drug-likeness (QED) is 0.148. The number of hydrogen-bond acceptors (Lipinski definition) is 9. The summed E-state index contributed by atoms with van der Waals surface area (Å²) in [5.41, 5.74) is 0. The van der Waals surface area contributed by atoms with Crippen LogP contribution in [0.4, 0.5) is 0 Å². The molecule has 0 radical (unpaired) electrons. The van der Waals surface area contributed by atoms with Gasteiger partial charge in [0.15, 0.2) is 0 Å². The highest BCUT2D eigenvalue weighted by atomic mass is 32.1. The highest BCUT2D eigenvalue weighted by Crippen LogP contribution is 2.27. The standard InChI is InChI=1S/C23H46N2O8SSi2/c1-19-13-28-35(29-14-19,10-6-5-9-34)30-15-20(2)16-31-36(32-17-21(3)18-33-36)11-7-8-24-23(27)12-25-22(4)26/h19-21,34H,5-18H2,1-4H3,(H,24,27)(H,25,26). The SMILES string of the molecule is CC(=O)NCC(=O)NCCC[Si]1(OCC(C)CO[Si]2(CCCCS)OCC(C)CO2)OCC(C)CO1. The van der Waals surface area contributed by atoms with Gasteiger partial charge in [-0.15, -0.1) is 0 Å². The highest BCUT2D eigenvalue weighted by molar-refractivity contribution is 7.80. The van der Waals surface area contributed by atoms with E-state index in [2.05, 4.69) is 44.0 Å². The van der Waals surface area contributed by atoms with Gasteiger partial charge in [0.1, 0.15) is 0 Å². The summed E-state index contributed by atoms with van der Waals surface area (Å²) in [6, 6.07) is 1.42. The van der Waals surface area contributed by atoms with Crippen molar-refractivity contribution in [3.8, 4) is 0 Å². The maximum absolute atomic E-state index is 11.8. The van der Waals surface area contributed by atoms with E-state index < -0.39 is 17.6 Å². The molecule has 2 fully saturated rings. The van der Waals surface area contributed by atoms with Crippen LogP contribution in [0.25, 0.3) is 0 Å². The lowest BCUT2D eigenvalue weighted by atomic mass is 10.2. The molecule has 2 aliphatic rings. The molecule has 210 valence electrons. The first-order valence-corrected chi connectivity index (χ1v) is 17.6. The zero-order valence-corrected chi connectivity index (χ0v) is 25.2. The van der Waals surface area contributed by atoms with Crippen LogP contribution in [-0.2, 0) is 36.1 Å². The van der Waals surface area contributed by atoms with Crippen LogP contribution in [0, 0.1) is 17.8 Å². The molecule has 0 aromatic rings. The lowest BCUT2D eigenvalue weighted by molar-refractivity contribution is -0.125. The minimum absolute atomic E-state index is 0.0256. The van der Waals surface area contributed by atoms with Gasteiger partial charge in [0, 0.05) is 83.0 Å². The number of nitrogens with one attached hydrogen (secondary N) is 2. The number of thiol groups is 1. The van der Waals surface area contributed by atoms with Gasteiger partial charge in [0.05, 0.1) is 6.54 Å². The van der Waals surface area contributed by atoms with E-state index in [1.165, 1.54) is 6.92 Å². The Hall–Kier alpha value is -0.516. The normalized spacial score (nSPS) is 29.5. The first kappa shape index (κ1) is 31.7. The van der Waals surface area contributed by atoms with E-state index in [0.717, 1.165) is 24.6 Å². The van der Waals surface area contributed by atoms with Crippen LogP contribution in [0.5, 0.6) is 0 Å². The molecule has 10 nitrogen and oxygen atoms in total. The fraction of sp³-hybridized carbons (Fsp3) is 0.913. The molecule has 0 spiro atoms. The van der Waals surface area contributed by atoms with E-state index in [9.17, 15) is 9.59 Å². The van der Waals surface area contributed by atoms with Gasteiger partial charge in [-0.1, -0.05) is 20.8 Å². The van der Waals surface area contributed by atoms with Crippen molar-refractivity contribution in [2.24, 2.45) is 17.8 Å². The van der Waals surface area contributed by atoms with Gasteiger partial charge in [-0.25, -0.2) is 0 Å². The van der Waals surface area contributed by atoms with E-state index in [-0.39, 0.29) is 24.3 Å². The van der Waals surface area contributed by atoms with Gasteiger partial charge in [0.25, 0.3) is 0 Å². The third kappa shape index (κ3) is 11.9. The molecule has 2 N–H and O–H groups in total. The number of hydrogen-bond donors (Lipinski definition) is 3. The average Bonchev–Trinajstić information content (AvgIpc) is 2.86. The van der Waals surface area contributed by atoms with Crippen molar-refractivity contribution < 1.29 is 36.1 Å². The first-order valence-electron chi connectivity index (χ1n) is 13.1. The van der Waals surface area contributed by atoms with Crippen molar-refractivity contribution in [1.82, 2.24) is 10.6 Å². The van der Waals surface area contributed by atoms with Gasteiger partial charge < -0.3 is 37.2 Å². The Bertz CT molecular complexity index is 662. The topological polar surface area (TPSA) is 114 Å². The lowest BCUT2D eigenvalue weighted by Gasteiger charge is -2.38. The summed E-state index contributed by atoms with van der Waals surface area (Å²) in [6.07, 6.45) is 2.65. The molecule has 2 aliphatic heterocycles. The maximum atomic E-state index is 11.8. The molecule has 13 heteroatoms. The smallest absolute Gasteiger partial charge is 0.373 e. The zero-order valence-electron chi connectivity index (χ0n) is 22.3. The Morgan fingerprint density at radius 2 is 1.39 bits per heavy atom. The Morgan fingerprint density at radius 1 is 0.889 bits per heavy atom. The van der Waals surface area contributed by atoms with E-state index in [1.807, 2.05) is 0 Å². The molecule has 2 saturated heterocycles. The number of rotatable bonds is 16. The predicted octanol–water partition coefficient (Wildman–Crippen LogP) is 2.25. The maximum Gasteiger partial charge on any atom is 0.501 e. The van der Waals surface area contributed by atoms with Crippen molar-refractivity contribution in [1.29, 1.82) is 0 Å². The van der Waals surface area contributed by atoms with Crippen molar-refractivity contribution in [2.45, 2.75) is 59.0 Å². The van der Waals surface area contributed by atoms with Crippen LogP contribution < -0.4 is 10.6 Å². The second-order valence-electron chi connectivity index (χ2n) is 10.1. The lowest BCUT2D eigenvalue weighted by Crippen LogP contribution is -2.53. The summed E-state index contributed by atoms with van der Waals surface area (Å²) in [4.78, 5) is 22.8. The molecular formula is C23H46N2O8SSi2. The summed E-state index contributed by atoms with van der Waals surface area (Å²) in [5.74, 6) is 1.20. The van der Waals surface area contributed by atoms with Crippen LogP contribution in [0.1, 0.15) is 47.0 Å². The number of carbonyl (C=O) groups excluding carboxylic acids is 2. The van der Waals surface area contributed by atoms with Crippen LogP contribution in [-0.4, -0.2) is 87.9 Å². The average molecular weight is 567 g/mol. The fourth-order valence-electron chi connectivity index (χ4n) is 3.70. The first-order chi connectivity index (χ1) is 17.2. The van der Waals surface area contributed by atoms with Crippen molar-refractivity contribution in [3.05, 3.63) is 0 Å². The van der Waals surface area contributed by atoms with Crippen LogP contribution in [0.15, 0.2) is 0 Å². The Kier molecular flexibility index (Phi) is 14.5. The molecule has 36 heavy (non-hydrogen) atoms. The summed E-state index contributed by atoms with van der Waals surface area (Å²) in [5, 5.41) is 5.30. The number of carbonyl (C=O) groups is 2. The van der Waals surface area contributed by atoms with Crippen LogP contribution >= 0.6 is 12.6 Å². The molecule has 2 rings (SSSR count). The van der Waals surface area contributed by atoms with Gasteiger partial charge in [0.2, 0.25) is 11.8 Å². The summed E-state index contributed by atoms with van der Waals surface area (Å²) < 4.78 is 37.2. The number of amides is 2. The zero-order chi connectivity index (χ0) is 26.4. The molecule has 2 heterocycles. The number of unbranched alkanes of at least 4 members (excludes halogenated alkanes) is 1. The van der Waals surface area contributed by atoms with Crippen molar-refractivity contribution >= 4 is 42.1 Å². The van der Waals surface area contributed by atoms with Gasteiger partial charge in [-0.2, -0.15) is 12.6 Å². The monoisotopic (exact) mass is 566 g/mol. The Balaban J connectivity index is 1.81. The third-order valence-corrected chi connectivity index (χ3v) is 11.8. The summed E-state index contributed by atoms with van der Waals surface area (Å²) in [7, 11) is -5.53. The predicted molar refractivity (Wildman–Crippen MR) is 144 cm³/mol. The van der Waals surface area contributed by atoms with Crippen LogP contribution in [0.3, 0.4) is 0 Å². The molecule has 0 aliphatic carbocycles. The second-order valence-corrected chi connectivity index (χ2v) is 16.0. The molecular weight excluding hydrogens is 520 g/mol. The van der Waals surface area contributed by atoms with Crippen molar-refractivity contribution in [3.63, 3.8) is 0 Å². The van der Waals surface area contributed by atoms with Gasteiger partial charge in [-0.3, -0.25) is 9.59 Å². The summed E-state index contributed by atoms with van der Waals surface area (Å²) >= 11 is 4.31. The van der Waals surface area contributed by atoms with Gasteiger partial charge >= 0.3 is 17.6 Å². The third-order valence-electron chi connectivity index (χ3n) is 5.90. The summed E-state index contributed by atoms with van der Waals surface area (Å²) in [6.45, 7) is 11.6. The fourth-order valence-corrected chi connectivity index (χ4v) is 9.81. The largest absolute Gasteiger partial charge is 0.501 e. The molecule has 1 unspecified atom stereocenters. The molecule has 0 bridgehead atoms. The minimum atomic E-state index is -2.85. The highest BCUT2D eigenvalue weighted by Gasteiger charge is 2.46. The molecule has 0 aromatic carbocycles. The molecule has 0 saturated carbocycles. The van der Waals surface area contributed by atoms with Crippen LogP contribution in [0.2, 0.25) is 12.1 Å². The van der Waals surface area contributed by atoms with E-state index in [1.54, 1.807) is 0 Å². The minimum Gasteiger partial charge on any atom is -0.373 e.